The van der Waals surface area contributed by atoms with Crippen molar-refractivity contribution in [1.29, 1.82) is 0 Å². The van der Waals surface area contributed by atoms with Crippen molar-refractivity contribution in [2.24, 2.45) is 0 Å². The van der Waals surface area contributed by atoms with Crippen molar-refractivity contribution in [2.45, 2.75) is 31.3 Å². The van der Waals surface area contributed by atoms with Crippen LogP contribution < -0.4 is 10.6 Å². The molecule has 0 aromatic heterocycles. The SMILES string of the molecule is CC1(NC(=O)N[C@H](Cc2ccccc2)C(=O)O)CCOC1. The van der Waals surface area contributed by atoms with Crippen LogP contribution >= 0.6 is 0 Å². The van der Waals surface area contributed by atoms with E-state index < -0.39 is 23.6 Å². The van der Waals surface area contributed by atoms with Gasteiger partial charge < -0.3 is 20.5 Å². The second kappa shape index (κ2) is 6.58. The number of amides is 2. The number of urea groups is 1. The van der Waals surface area contributed by atoms with Crippen LogP contribution in [0.25, 0.3) is 0 Å². The Bertz CT molecular complexity index is 498. The number of carbonyl (C=O) groups excluding carboxylic acids is 1. The normalized spacial score (nSPS) is 22.5. The Labute approximate surface area is 123 Å². The van der Waals surface area contributed by atoms with Gasteiger partial charge in [0.1, 0.15) is 6.04 Å². The molecule has 1 unspecified atom stereocenters. The van der Waals surface area contributed by atoms with Crippen molar-refractivity contribution >= 4 is 12.0 Å². The summed E-state index contributed by atoms with van der Waals surface area (Å²) in [6.07, 6.45) is 0.966. The van der Waals surface area contributed by atoms with E-state index in [1.165, 1.54) is 0 Å². The minimum absolute atomic E-state index is 0.247. The van der Waals surface area contributed by atoms with Crippen LogP contribution in [0.2, 0.25) is 0 Å². The molecule has 3 N–H and O–H groups in total. The molecule has 2 atom stereocenters. The number of ether oxygens (including phenoxy) is 1. The molecule has 0 bridgehead atoms. The molecule has 1 aromatic carbocycles. The van der Waals surface area contributed by atoms with Crippen molar-refractivity contribution in [1.82, 2.24) is 10.6 Å². The molecule has 6 nitrogen and oxygen atoms in total. The third-order valence-corrected chi connectivity index (χ3v) is 3.52. The Morgan fingerprint density at radius 2 is 2.10 bits per heavy atom. The zero-order chi connectivity index (χ0) is 15.3. The molecule has 0 spiro atoms. The molecule has 1 saturated heterocycles. The van der Waals surface area contributed by atoms with Gasteiger partial charge in [0.05, 0.1) is 12.1 Å². The lowest BCUT2D eigenvalue weighted by molar-refractivity contribution is -0.139. The quantitative estimate of drug-likeness (QED) is 0.760. The Morgan fingerprint density at radius 1 is 1.38 bits per heavy atom. The highest BCUT2D eigenvalue weighted by Crippen LogP contribution is 2.17. The topological polar surface area (TPSA) is 87.7 Å². The zero-order valence-corrected chi connectivity index (χ0v) is 12.0. The average Bonchev–Trinajstić information content (AvgIpc) is 2.85. The van der Waals surface area contributed by atoms with Crippen LogP contribution in [-0.2, 0) is 16.0 Å². The molecule has 0 aliphatic carbocycles. The number of carbonyl (C=O) groups is 2. The van der Waals surface area contributed by atoms with Gasteiger partial charge in [-0.15, -0.1) is 0 Å². The van der Waals surface area contributed by atoms with Crippen LogP contribution in [0.4, 0.5) is 4.79 Å². The Balaban J connectivity index is 1.93. The smallest absolute Gasteiger partial charge is 0.326 e. The lowest BCUT2D eigenvalue weighted by Gasteiger charge is -2.25. The van der Waals surface area contributed by atoms with Gasteiger partial charge in [0.2, 0.25) is 0 Å². The van der Waals surface area contributed by atoms with E-state index in [2.05, 4.69) is 10.6 Å². The standard InChI is InChI=1S/C15H20N2O4/c1-15(7-8-21-10-15)17-14(20)16-12(13(18)19)9-11-5-3-2-4-6-11/h2-6,12H,7-10H2,1H3,(H,18,19)(H2,16,17,20)/t12-,15?/m1/s1. The second-order valence-electron chi connectivity index (χ2n) is 5.54. The number of benzene rings is 1. The summed E-state index contributed by atoms with van der Waals surface area (Å²) in [6.45, 7) is 2.92. The highest BCUT2D eigenvalue weighted by atomic mass is 16.5. The molecular weight excluding hydrogens is 272 g/mol. The Hall–Kier alpha value is -2.08. The van der Waals surface area contributed by atoms with E-state index in [1.807, 2.05) is 37.3 Å². The lowest BCUT2D eigenvalue weighted by Crippen LogP contribution is -2.54. The molecule has 1 aromatic rings. The summed E-state index contributed by atoms with van der Waals surface area (Å²) in [5.74, 6) is -1.05. The summed E-state index contributed by atoms with van der Waals surface area (Å²) in [7, 11) is 0. The zero-order valence-electron chi connectivity index (χ0n) is 12.0. The molecule has 21 heavy (non-hydrogen) atoms. The highest BCUT2D eigenvalue weighted by Gasteiger charge is 2.32. The van der Waals surface area contributed by atoms with Gasteiger partial charge in [0.25, 0.3) is 0 Å². The third kappa shape index (κ3) is 4.46. The molecule has 1 aliphatic rings. The van der Waals surface area contributed by atoms with Crippen molar-refractivity contribution in [3.05, 3.63) is 35.9 Å². The molecule has 1 fully saturated rings. The van der Waals surface area contributed by atoms with Gasteiger partial charge in [-0.2, -0.15) is 0 Å². The van der Waals surface area contributed by atoms with Crippen LogP contribution in [0.5, 0.6) is 0 Å². The van der Waals surface area contributed by atoms with E-state index >= 15 is 0 Å². The van der Waals surface area contributed by atoms with Crippen molar-refractivity contribution in [2.75, 3.05) is 13.2 Å². The number of hydrogen-bond acceptors (Lipinski definition) is 3. The Kier molecular flexibility index (Phi) is 4.80. The maximum Gasteiger partial charge on any atom is 0.326 e. The largest absolute Gasteiger partial charge is 0.480 e. The van der Waals surface area contributed by atoms with Gasteiger partial charge in [-0.05, 0) is 18.9 Å². The fraction of sp³-hybridized carbons (Fsp3) is 0.467. The van der Waals surface area contributed by atoms with Crippen molar-refractivity contribution in [3.63, 3.8) is 0 Å². The van der Waals surface area contributed by atoms with Gasteiger partial charge in [0, 0.05) is 13.0 Å². The van der Waals surface area contributed by atoms with Gasteiger partial charge >= 0.3 is 12.0 Å². The number of rotatable bonds is 5. The predicted molar refractivity (Wildman–Crippen MR) is 77.1 cm³/mol. The summed E-state index contributed by atoms with van der Waals surface area (Å²) in [4.78, 5) is 23.3. The second-order valence-corrected chi connectivity index (χ2v) is 5.54. The monoisotopic (exact) mass is 292 g/mol. The van der Waals surface area contributed by atoms with Crippen molar-refractivity contribution < 1.29 is 19.4 Å². The fourth-order valence-corrected chi connectivity index (χ4v) is 2.28. The summed E-state index contributed by atoms with van der Waals surface area (Å²) in [5.41, 5.74) is 0.431. The first-order valence-corrected chi connectivity index (χ1v) is 6.92. The van der Waals surface area contributed by atoms with Gasteiger partial charge in [-0.25, -0.2) is 9.59 Å². The van der Waals surface area contributed by atoms with E-state index in [9.17, 15) is 14.7 Å². The highest BCUT2D eigenvalue weighted by molar-refractivity contribution is 5.83. The fourth-order valence-electron chi connectivity index (χ4n) is 2.28. The molecule has 6 heteroatoms. The molecule has 1 aliphatic heterocycles. The molecule has 1 heterocycles. The van der Waals surface area contributed by atoms with E-state index in [0.29, 0.717) is 13.2 Å². The molecule has 0 radical (unpaired) electrons. The van der Waals surface area contributed by atoms with Gasteiger partial charge in [-0.3, -0.25) is 0 Å². The minimum Gasteiger partial charge on any atom is -0.480 e. The van der Waals surface area contributed by atoms with E-state index in [1.54, 1.807) is 0 Å². The predicted octanol–water partition coefficient (Wildman–Crippen LogP) is 1.16. The number of hydrogen-bond donors (Lipinski definition) is 3. The van der Waals surface area contributed by atoms with E-state index in [-0.39, 0.29) is 6.42 Å². The van der Waals surface area contributed by atoms with E-state index in [0.717, 1.165) is 12.0 Å². The first-order chi connectivity index (χ1) is 9.98. The first kappa shape index (κ1) is 15.3. The van der Waals surface area contributed by atoms with Crippen LogP contribution in [0.3, 0.4) is 0 Å². The third-order valence-electron chi connectivity index (χ3n) is 3.52. The first-order valence-electron chi connectivity index (χ1n) is 6.92. The van der Waals surface area contributed by atoms with Crippen LogP contribution in [0.1, 0.15) is 18.9 Å². The lowest BCUT2D eigenvalue weighted by atomic mass is 10.0. The van der Waals surface area contributed by atoms with Crippen LogP contribution in [0, 0.1) is 0 Å². The molecule has 2 rings (SSSR count). The van der Waals surface area contributed by atoms with Crippen molar-refractivity contribution in [3.8, 4) is 0 Å². The number of carboxylic acids is 1. The van der Waals surface area contributed by atoms with Crippen LogP contribution in [0.15, 0.2) is 30.3 Å². The molecule has 0 saturated carbocycles. The van der Waals surface area contributed by atoms with Gasteiger partial charge in [-0.1, -0.05) is 30.3 Å². The summed E-state index contributed by atoms with van der Waals surface area (Å²) < 4.78 is 5.25. The average molecular weight is 292 g/mol. The minimum atomic E-state index is -1.05. The van der Waals surface area contributed by atoms with E-state index in [4.69, 9.17) is 4.74 Å². The summed E-state index contributed by atoms with van der Waals surface area (Å²) in [5, 5.41) is 14.5. The molecular formula is C15H20N2O4. The number of aliphatic carboxylic acids is 1. The summed E-state index contributed by atoms with van der Waals surface area (Å²) in [6, 6.07) is 7.77. The number of nitrogens with one attached hydrogen (secondary N) is 2. The maximum absolute atomic E-state index is 12.0. The summed E-state index contributed by atoms with van der Waals surface area (Å²) >= 11 is 0. The Morgan fingerprint density at radius 3 is 2.67 bits per heavy atom. The maximum atomic E-state index is 12.0. The number of carboxylic acid groups (broad SMARTS) is 1. The van der Waals surface area contributed by atoms with Gasteiger partial charge in [0.15, 0.2) is 0 Å². The van der Waals surface area contributed by atoms with Crippen LogP contribution in [-0.4, -0.2) is 41.9 Å². The molecule has 2 amide bonds. The molecule has 114 valence electrons.